The summed E-state index contributed by atoms with van der Waals surface area (Å²) in [6.07, 6.45) is 22.7. The van der Waals surface area contributed by atoms with Crippen molar-refractivity contribution in [3.63, 3.8) is 0 Å². The Morgan fingerprint density at radius 3 is 1.75 bits per heavy atom. The largest absolute Gasteiger partial charge is 0.461 e. The average molecular weight is 415 g/mol. The molecule has 3 atom stereocenters. The third-order valence-electron chi connectivity index (χ3n) is 6.00. The lowest BCUT2D eigenvalue weighted by molar-refractivity contribution is -0.147. The highest BCUT2D eigenvalue weighted by Crippen LogP contribution is 2.26. The van der Waals surface area contributed by atoms with Gasteiger partial charge in [-0.15, -0.1) is 0 Å². The molecular weight excluding hydrogens is 368 g/mol. The van der Waals surface area contributed by atoms with E-state index < -0.39 is 10.8 Å². The number of esters is 1. The number of carbonyl (C=O) groups excluding carboxylic acids is 1. The molecule has 166 valence electrons. The summed E-state index contributed by atoms with van der Waals surface area (Å²) in [6, 6.07) is 0. The summed E-state index contributed by atoms with van der Waals surface area (Å²) in [7, 11) is -0.846. The summed E-state index contributed by atoms with van der Waals surface area (Å²) >= 11 is 0. The molecule has 3 nitrogen and oxygen atoms in total. The number of rotatable bonds is 17. The Morgan fingerprint density at radius 2 is 1.25 bits per heavy atom. The second kappa shape index (κ2) is 17.5. The fourth-order valence-electron chi connectivity index (χ4n) is 4.30. The van der Waals surface area contributed by atoms with Crippen LogP contribution in [0, 0.1) is 0 Å². The SMILES string of the molecule is CCCCCCCCCCCCCCCC[S@@](=O)[C@H]1CCCC[C@@H]1OC(C)=O. The van der Waals surface area contributed by atoms with E-state index in [4.69, 9.17) is 4.74 Å². The third kappa shape index (κ3) is 13.0. The van der Waals surface area contributed by atoms with Crippen molar-refractivity contribution < 1.29 is 13.7 Å². The summed E-state index contributed by atoms with van der Waals surface area (Å²) in [5.41, 5.74) is 0. The van der Waals surface area contributed by atoms with E-state index in [-0.39, 0.29) is 17.3 Å². The Hall–Kier alpha value is -0.380. The van der Waals surface area contributed by atoms with E-state index in [2.05, 4.69) is 6.92 Å². The van der Waals surface area contributed by atoms with E-state index in [0.717, 1.165) is 37.9 Å². The van der Waals surface area contributed by atoms with E-state index in [1.54, 1.807) is 0 Å². The van der Waals surface area contributed by atoms with Gasteiger partial charge in [0.05, 0.1) is 5.25 Å². The van der Waals surface area contributed by atoms with Crippen LogP contribution < -0.4 is 0 Å². The van der Waals surface area contributed by atoms with Crippen LogP contribution in [0.4, 0.5) is 0 Å². The molecule has 0 aromatic rings. The Bertz CT molecular complexity index is 411. The van der Waals surface area contributed by atoms with Gasteiger partial charge in [-0.1, -0.05) is 96.8 Å². The molecule has 0 unspecified atom stereocenters. The monoisotopic (exact) mass is 414 g/mol. The molecule has 1 rings (SSSR count). The van der Waals surface area contributed by atoms with Gasteiger partial charge in [-0.25, -0.2) is 0 Å². The van der Waals surface area contributed by atoms with E-state index in [1.165, 1.54) is 90.4 Å². The van der Waals surface area contributed by atoms with Crippen LogP contribution in [-0.2, 0) is 20.3 Å². The van der Waals surface area contributed by atoms with Crippen molar-refractivity contribution in [2.24, 2.45) is 0 Å². The minimum Gasteiger partial charge on any atom is -0.461 e. The average Bonchev–Trinajstić information content (AvgIpc) is 2.68. The lowest BCUT2D eigenvalue weighted by atomic mass is 9.97. The maximum absolute atomic E-state index is 12.6. The molecule has 1 aliphatic rings. The molecule has 0 radical (unpaired) electrons. The second-order valence-electron chi connectivity index (χ2n) is 8.65. The van der Waals surface area contributed by atoms with Gasteiger partial charge in [0.2, 0.25) is 0 Å². The number of ether oxygens (including phenoxy) is 1. The fourth-order valence-corrected chi connectivity index (χ4v) is 6.05. The quantitative estimate of drug-likeness (QED) is 0.188. The van der Waals surface area contributed by atoms with Crippen molar-refractivity contribution in [1.29, 1.82) is 0 Å². The summed E-state index contributed by atoms with van der Waals surface area (Å²) < 4.78 is 18.0. The first-order chi connectivity index (χ1) is 13.6. The normalized spacial score (nSPS) is 20.8. The van der Waals surface area contributed by atoms with Gasteiger partial charge < -0.3 is 4.74 Å². The highest BCUT2D eigenvalue weighted by atomic mass is 32.2. The molecule has 1 fully saturated rings. The van der Waals surface area contributed by atoms with Gasteiger partial charge in [0.25, 0.3) is 0 Å². The first-order valence-corrected chi connectivity index (χ1v) is 13.6. The summed E-state index contributed by atoms with van der Waals surface area (Å²) in [4.78, 5) is 11.3. The van der Waals surface area contributed by atoms with Crippen molar-refractivity contribution in [2.45, 2.75) is 141 Å². The number of hydrogen-bond acceptors (Lipinski definition) is 3. The topological polar surface area (TPSA) is 43.4 Å². The smallest absolute Gasteiger partial charge is 0.302 e. The van der Waals surface area contributed by atoms with Gasteiger partial charge in [-0.3, -0.25) is 9.00 Å². The molecule has 0 aliphatic heterocycles. The fraction of sp³-hybridized carbons (Fsp3) is 0.958. The van der Waals surface area contributed by atoms with Crippen molar-refractivity contribution in [3.8, 4) is 0 Å². The lowest BCUT2D eigenvalue weighted by Gasteiger charge is -2.30. The van der Waals surface area contributed by atoms with Gasteiger partial charge in [0.1, 0.15) is 6.10 Å². The zero-order chi connectivity index (χ0) is 20.5. The van der Waals surface area contributed by atoms with Gasteiger partial charge in [0, 0.05) is 23.5 Å². The maximum Gasteiger partial charge on any atom is 0.302 e. The third-order valence-corrected chi connectivity index (χ3v) is 7.90. The second-order valence-corrected chi connectivity index (χ2v) is 10.4. The minimum atomic E-state index is -0.846. The van der Waals surface area contributed by atoms with E-state index >= 15 is 0 Å². The summed E-state index contributed by atoms with van der Waals surface area (Å²) in [5, 5.41) is 0.0691. The first-order valence-electron chi connectivity index (χ1n) is 12.2. The lowest BCUT2D eigenvalue weighted by Crippen LogP contribution is -2.37. The molecule has 0 bridgehead atoms. The highest BCUT2D eigenvalue weighted by molar-refractivity contribution is 7.85. The number of unbranched alkanes of at least 4 members (excludes halogenated alkanes) is 13. The Balaban J connectivity index is 1.93. The van der Waals surface area contributed by atoms with Crippen molar-refractivity contribution in [1.82, 2.24) is 0 Å². The summed E-state index contributed by atoms with van der Waals surface area (Å²) in [5.74, 6) is 0.547. The van der Waals surface area contributed by atoms with Crippen LogP contribution in [0.25, 0.3) is 0 Å². The predicted molar refractivity (Wildman–Crippen MR) is 121 cm³/mol. The molecule has 1 saturated carbocycles. The van der Waals surface area contributed by atoms with E-state index in [0.29, 0.717) is 0 Å². The molecule has 0 heterocycles. The van der Waals surface area contributed by atoms with E-state index in [9.17, 15) is 9.00 Å². The van der Waals surface area contributed by atoms with Crippen LogP contribution in [0.5, 0.6) is 0 Å². The van der Waals surface area contributed by atoms with Crippen molar-refractivity contribution >= 4 is 16.8 Å². The standard InChI is InChI=1S/C24H46O3S/c1-3-4-5-6-7-8-9-10-11-12-13-14-15-18-21-28(26)24-20-17-16-19-23(24)27-22(2)25/h23-24H,3-21H2,1-2H3/t23-,24-,28+/m0/s1. The molecule has 0 spiro atoms. The molecule has 0 aromatic heterocycles. The molecule has 1 aliphatic carbocycles. The summed E-state index contributed by atoms with van der Waals surface area (Å²) in [6.45, 7) is 3.74. The Labute approximate surface area is 177 Å². The zero-order valence-corrected chi connectivity index (χ0v) is 19.5. The van der Waals surface area contributed by atoms with Gasteiger partial charge in [-0.05, 0) is 25.7 Å². The zero-order valence-electron chi connectivity index (χ0n) is 18.7. The Kier molecular flexibility index (Phi) is 16.0. The van der Waals surface area contributed by atoms with Crippen LogP contribution in [-0.4, -0.2) is 27.3 Å². The van der Waals surface area contributed by atoms with E-state index in [1.807, 2.05) is 0 Å². The van der Waals surface area contributed by atoms with Crippen LogP contribution in [0.2, 0.25) is 0 Å². The molecule has 0 aromatic carbocycles. The van der Waals surface area contributed by atoms with Crippen LogP contribution in [0.1, 0.15) is 129 Å². The maximum atomic E-state index is 12.6. The van der Waals surface area contributed by atoms with Crippen LogP contribution in [0.15, 0.2) is 0 Å². The predicted octanol–water partition coefficient (Wildman–Crippen LogP) is 7.09. The molecule has 0 saturated heterocycles. The van der Waals surface area contributed by atoms with Crippen LogP contribution >= 0.6 is 0 Å². The van der Waals surface area contributed by atoms with Gasteiger partial charge in [0.15, 0.2) is 0 Å². The number of hydrogen-bond donors (Lipinski definition) is 0. The first kappa shape index (κ1) is 25.7. The van der Waals surface area contributed by atoms with Gasteiger partial charge in [-0.2, -0.15) is 0 Å². The molecule has 4 heteroatoms. The van der Waals surface area contributed by atoms with Crippen LogP contribution in [0.3, 0.4) is 0 Å². The molecule has 0 amide bonds. The van der Waals surface area contributed by atoms with Gasteiger partial charge >= 0.3 is 5.97 Å². The Morgan fingerprint density at radius 1 is 0.786 bits per heavy atom. The highest BCUT2D eigenvalue weighted by Gasteiger charge is 2.31. The number of carbonyl (C=O) groups is 1. The minimum absolute atomic E-state index is 0.0691. The molecule has 0 N–H and O–H groups in total. The van der Waals surface area contributed by atoms with Crippen molar-refractivity contribution in [2.75, 3.05) is 5.75 Å². The molecule has 28 heavy (non-hydrogen) atoms. The molecular formula is C24H46O3S. The van der Waals surface area contributed by atoms with Crippen molar-refractivity contribution in [3.05, 3.63) is 0 Å².